The number of hydrogen-bond acceptors (Lipinski definition) is 5. The molecule has 0 unspecified atom stereocenters. The van der Waals surface area contributed by atoms with Crippen LogP contribution in [0.5, 0.6) is 11.6 Å². The van der Waals surface area contributed by atoms with E-state index in [-0.39, 0.29) is 11.6 Å². The van der Waals surface area contributed by atoms with Crippen molar-refractivity contribution < 1.29 is 9.53 Å². The molecule has 0 atom stereocenters. The Balaban J connectivity index is 0.000000413. The maximum Gasteiger partial charge on any atom is 0.269 e. The smallest absolute Gasteiger partial charge is 0.269 e. The van der Waals surface area contributed by atoms with Gasteiger partial charge in [-0.1, -0.05) is 29.8 Å². The number of allylic oxidation sites excluding steroid dienone is 2. The van der Waals surface area contributed by atoms with Gasteiger partial charge in [-0.2, -0.15) is 0 Å². The highest BCUT2D eigenvalue weighted by atomic mass is 16.5. The zero-order valence-corrected chi connectivity index (χ0v) is 14.1. The van der Waals surface area contributed by atoms with Crippen LogP contribution in [0, 0.1) is 6.92 Å². The molecule has 0 aliphatic heterocycles. The highest BCUT2D eigenvalue weighted by Crippen LogP contribution is 2.19. The first-order chi connectivity index (χ1) is 11.5. The molecule has 0 radical (unpaired) electrons. The number of aryl methyl sites for hydroxylation is 1. The molecule has 0 aliphatic rings. The number of nitrogens with one attached hydrogen (secondary N) is 1. The fourth-order valence-electron chi connectivity index (χ4n) is 1.54. The van der Waals surface area contributed by atoms with E-state index in [9.17, 15) is 4.79 Å². The third-order valence-corrected chi connectivity index (χ3v) is 2.73. The third kappa shape index (κ3) is 6.74. The Kier molecular flexibility index (Phi) is 7.70. The SMILES string of the molecule is C=C(C)/C=C\N.CNC(=O)c1cc(Oc2ccc(C)cc2)ncn1. The summed E-state index contributed by atoms with van der Waals surface area (Å²) in [7, 11) is 1.55. The number of hydrogen-bond donors (Lipinski definition) is 2. The summed E-state index contributed by atoms with van der Waals surface area (Å²) in [6.07, 6.45) is 4.52. The molecule has 0 spiro atoms. The van der Waals surface area contributed by atoms with E-state index in [0.29, 0.717) is 11.6 Å². The highest BCUT2D eigenvalue weighted by Gasteiger charge is 2.07. The van der Waals surface area contributed by atoms with Gasteiger partial charge in [-0.3, -0.25) is 4.79 Å². The van der Waals surface area contributed by atoms with Gasteiger partial charge < -0.3 is 15.8 Å². The summed E-state index contributed by atoms with van der Waals surface area (Å²) in [6.45, 7) is 7.47. The number of nitrogens with zero attached hydrogens (tertiary/aromatic N) is 2. The van der Waals surface area contributed by atoms with Gasteiger partial charge in [-0.05, 0) is 38.3 Å². The first-order valence-electron chi connectivity index (χ1n) is 7.28. The van der Waals surface area contributed by atoms with Crippen LogP contribution in [0.3, 0.4) is 0 Å². The normalized spacial score (nSPS) is 9.79. The zero-order valence-electron chi connectivity index (χ0n) is 14.1. The fourth-order valence-corrected chi connectivity index (χ4v) is 1.54. The molecular weight excluding hydrogens is 304 g/mol. The molecule has 1 heterocycles. The number of carbonyl (C=O) groups is 1. The molecule has 1 aromatic heterocycles. The average Bonchev–Trinajstić information content (AvgIpc) is 2.57. The number of rotatable bonds is 4. The van der Waals surface area contributed by atoms with Gasteiger partial charge in [0.2, 0.25) is 5.88 Å². The van der Waals surface area contributed by atoms with Crippen molar-refractivity contribution in [1.29, 1.82) is 0 Å². The Hall–Kier alpha value is -3.15. The number of nitrogens with two attached hydrogens (primary N) is 1. The molecule has 2 aromatic rings. The minimum atomic E-state index is -0.272. The van der Waals surface area contributed by atoms with Crippen LogP contribution in [0.2, 0.25) is 0 Å². The number of ether oxygens (including phenoxy) is 1. The molecule has 2 rings (SSSR count). The first kappa shape index (κ1) is 18.9. The summed E-state index contributed by atoms with van der Waals surface area (Å²) in [6, 6.07) is 9.07. The van der Waals surface area contributed by atoms with E-state index in [0.717, 1.165) is 11.1 Å². The van der Waals surface area contributed by atoms with Gasteiger partial charge in [-0.25, -0.2) is 9.97 Å². The Labute approximate surface area is 142 Å². The molecular formula is C18H22N4O2. The molecule has 1 aromatic carbocycles. The van der Waals surface area contributed by atoms with Crippen molar-refractivity contribution >= 4 is 5.91 Å². The minimum absolute atomic E-state index is 0.272. The van der Waals surface area contributed by atoms with Crippen LogP contribution in [0.1, 0.15) is 23.0 Å². The third-order valence-electron chi connectivity index (χ3n) is 2.73. The van der Waals surface area contributed by atoms with E-state index in [1.807, 2.05) is 38.1 Å². The molecule has 0 saturated heterocycles. The Bertz CT molecular complexity index is 709. The van der Waals surface area contributed by atoms with E-state index < -0.39 is 0 Å². The maximum absolute atomic E-state index is 11.4. The van der Waals surface area contributed by atoms with Crippen molar-refractivity contribution in [2.45, 2.75) is 13.8 Å². The van der Waals surface area contributed by atoms with Gasteiger partial charge in [0.15, 0.2) is 0 Å². The van der Waals surface area contributed by atoms with E-state index in [1.165, 1.54) is 18.6 Å². The predicted octanol–water partition coefficient (Wildman–Crippen LogP) is 2.97. The van der Waals surface area contributed by atoms with Crippen molar-refractivity contribution in [2.24, 2.45) is 5.73 Å². The molecule has 24 heavy (non-hydrogen) atoms. The summed E-state index contributed by atoms with van der Waals surface area (Å²) >= 11 is 0. The van der Waals surface area contributed by atoms with E-state index in [1.54, 1.807) is 13.1 Å². The lowest BCUT2D eigenvalue weighted by Crippen LogP contribution is -2.19. The van der Waals surface area contributed by atoms with Crippen molar-refractivity contribution in [3.63, 3.8) is 0 Å². The van der Waals surface area contributed by atoms with Crippen LogP contribution in [0.25, 0.3) is 0 Å². The van der Waals surface area contributed by atoms with Gasteiger partial charge in [0, 0.05) is 13.1 Å². The van der Waals surface area contributed by atoms with Gasteiger partial charge in [-0.15, -0.1) is 0 Å². The standard InChI is InChI=1S/C13H13N3O2.C5H9N/c1-9-3-5-10(6-4-9)18-12-7-11(13(17)14-2)15-8-16-12;1-5(2)3-4-6/h3-8H,1-2H3,(H,14,17);3-4H,1,6H2,2H3/b;4-3-. The Morgan fingerprint density at radius 3 is 2.46 bits per heavy atom. The quantitative estimate of drug-likeness (QED) is 0.843. The number of aromatic nitrogens is 2. The number of benzene rings is 1. The first-order valence-corrected chi connectivity index (χ1v) is 7.28. The molecule has 3 N–H and O–H groups in total. The topological polar surface area (TPSA) is 90.1 Å². The van der Waals surface area contributed by atoms with Crippen molar-refractivity contribution in [3.05, 3.63) is 72.3 Å². The molecule has 0 aliphatic carbocycles. The van der Waals surface area contributed by atoms with Gasteiger partial charge in [0.05, 0.1) is 0 Å². The Morgan fingerprint density at radius 1 is 1.29 bits per heavy atom. The molecule has 126 valence electrons. The second kappa shape index (κ2) is 9.78. The van der Waals surface area contributed by atoms with Gasteiger partial charge in [0.25, 0.3) is 5.91 Å². The lowest BCUT2D eigenvalue weighted by atomic mass is 10.2. The second-order valence-electron chi connectivity index (χ2n) is 4.94. The fraction of sp³-hybridized carbons (Fsp3) is 0.167. The monoisotopic (exact) mass is 326 g/mol. The molecule has 1 amide bonds. The Morgan fingerprint density at radius 2 is 1.96 bits per heavy atom. The molecule has 0 saturated carbocycles. The lowest BCUT2D eigenvalue weighted by Gasteiger charge is -2.05. The molecule has 0 bridgehead atoms. The van der Waals surface area contributed by atoms with E-state index in [2.05, 4.69) is 21.9 Å². The summed E-state index contributed by atoms with van der Waals surface area (Å²) in [5.41, 5.74) is 7.39. The van der Waals surface area contributed by atoms with Crippen LogP contribution < -0.4 is 15.8 Å². The van der Waals surface area contributed by atoms with Crippen LogP contribution in [-0.2, 0) is 0 Å². The van der Waals surface area contributed by atoms with Gasteiger partial charge >= 0.3 is 0 Å². The van der Waals surface area contributed by atoms with Crippen LogP contribution >= 0.6 is 0 Å². The largest absolute Gasteiger partial charge is 0.439 e. The predicted molar refractivity (Wildman–Crippen MR) is 94.8 cm³/mol. The van der Waals surface area contributed by atoms with Crippen molar-refractivity contribution in [1.82, 2.24) is 15.3 Å². The number of carbonyl (C=O) groups excluding carboxylic acids is 1. The molecule has 6 nitrogen and oxygen atoms in total. The highest BCUT2D eigenvalue weighted by molar-refractivity contribution is 5.92. The van der Waals surface area contributed by atoms with Crippen LogP contribution in [-0.4, -0.2) is 22.9 Å². The van der Waals surface area contributed by atoms with Crippen molar-refractivity contribution in [2.75, 3.05) is 7.05 Å². The van der Waals surface area contributed by atoms with Gasteiger partial charge in [0.1, 0.15) is 17.8 Å². The maximum atomic E-state index is 11.4. The van der Waals surface area contributed by atoms with Crippen molar-refractivity contribution in [3.8, 4) is 11.6 Å². The summed E-state index contributed by atoms with van der Waals surface area (Å²) in [5, 5.41) is 2.50. The van der Waals surface area contributed by atoms with Crippen LogP contribution in [0.15, 0.2) is 61.1 Å². The molecule has 6 heteroatoms. The molecule has 0 fully saturated rings. The number of amides is 1. The summed E-state index contributed by atoms with van der Waals surface area (Å²) in [5.74, 6) is 0.737. The summed E-state index contributed by atoms with van der Waals surface area (Å²) < 4.78 is 5.54. The lowest BCUT2D eigenvalue weighted by molar-refractivity contribution is 0.0957. The summed E-state index contributed by atoms with van der Waals surface area (Å²) in [4.78, 5) is 19.2. The van der Waals surface area contributed by atoms with E-state index in [4.69, 9.17) is 10.5 Å². The average molecular weight is 326 g/mol. The minimum Gasteiger partial charge on any atom is -0.439 e. The second-order valence-corrected chi connectivity index (χ2v) is 4.94. The van der Waals surface area contributed by atoms with Crippen LogP contribution in [0.4, 0.5) is 0 Å². The zero-order chi connectivity index (χ0) is 17.9. The van der Waals surface area contributed by atoms with E-state index >= 15 is 0 Å².